The molecular formula is C22H30N2O3. The van der Waals surface area contributed by atoms with Gasteiger partial charge in [-0.25, -0.2) is 0 Å². The normalized spacial score (nSPS) is 37.2. The summed E-state index contributed by atoms with van der Waals surface area (Å²) in [6.07, 6.45) is 10.2. The van der Waals surface area contributed by atoms with Crippen molar-refractivity contribution in [2.75, 3.05) is 20.1 Å². The summed E-state index contributed by atoms with van der Waals surface area (Å²) in [7, 11) is 1.96. The van der Waals surface area contributed by atoms with Crippen LogP contribution in [0.25, 0.3) is 0 Å². The lowest BCUT2D eigenvalue weighted by Gasteiger charge is -2.57. The minimum absolute atomic E-state index is 0.0629. The molecule has 1 atom stereocenters. The number of amides is 2. The Morgan fingerprint density at radius 1 is 1.22 bits per heavy atom. The fourth-order valence-corrected chi connectivity index (χ4v) is 7.06. The summed E-state index contributed by atoms with van der Waals surface area (Å²) < 4.78 is 5.36. The summed E-state index contributed by atoms with van der Waals surface area (Å²) in [5.74, 6) is 3.49. The lowest BCUT2D eigenvalue weighted by atomic mass is 9.49. The number of likely N-dealkylation sites (tertiary alicyclic amines) is 1. The highest BCUT2D eigenvalue weighted by Gasteiger charge is 2.51. The highest BCUT2D eigenvalue weighted by molar-refractivity contribution is 5.89. The maximum atomic E-state index is 13.1. The van der Waals surface area contributed by atoms with Gasteiger partial charge in [-0.05, 0) is 73.8 Å². The summed E-state index contributed by atoms with van der Waals surface area (Å²) in [4.78, 5) is 29.2. The smallest absolute Gasteiger partial charge is 0.227 e. The van der Waals surface area contributed by atoms with Gasteiger partial charge in [0.1, 0.15) is 5.76 Å². The lowest BCUT2D eigenvalue weighted by molar-refractivity contribution is -0.139. The van der Waals surface area contributed by atoms with Crippen LogP contribution < -0.4 is 0 Å². The highest BCUT2D eigenvalue weighted by Crippen LogP contribution is 2.60. The predicted molar refractivity (Wildman–Crippen MR) is 100 cm³/mol. The number of furan rings is 1. The Morgan fingerprint density at radius 2 is 1.89 bits per heavy atom. The molecule has 2 heterocycles. The topological polar surface area (TPSA) is 53.8 Å². The van der Waals surface area contributed by atoms with E-state index in [-0.39, 0.29) is 17.7 Å². The van der Waals surface area contributed by atoms with Crippen LogP contribution in [0.2, 0.25) is 0 Å². The Hall–Kier alpha value is -1.78. The van der Waals surface area contributed by atoms with Crippen molar-refractivity contribution in [3.05, 3.63) is 24.2 Å². The zero-order chi connectivity index (χ0) is 18.6. The van der Waals surface area contributed by atoms with Crippen molar-refractivity contribution in [1.29, 1.82) is 0 Å². The number of carbonyl (C=O) groups is 2. The van der Waals surface area contributed by atoms with Gasteiger partial charge in [0, 0.05) is 26.6 Å². The van der Waals surface area contributed by atoms with Crippen molar-refractivity contribution in [1.82, 2.24) is 9.80 Å². The van der Waals surface area contributed by atoms with E-state index in [4.69, 9.17) is 4.42 Å². The first-order valence-electron chi connectivity index (χ1n) is 10.5. The summed E-state index contributed by atoms with van der Waals surface area (Å²) >= 11 is 0. The van der Waals surface area contributed by atoms with Crippen LogP contribution in [-0.4, -0.2) is 41.8 Å². The number of carbonyl (C=O) groups excluding carboxylic acids is 2. The van der Waals surface area contributed by atoms with Crippen molar-refractivity contribution < 1.29 is 14.0 Å². The second kappa shape index (κ2) is 6.39. The average molecular weight is 370 g/mol. The van der Waals surface area contributed by atoms with Crippen molar-refractivity contribution >= 4 is 11.8 Å². The van der Waals surface area contributed by atoms with Gasteiger partial charge in [-0.2, -0.15) is 0 Å². The first kappa shape index (κ1) is 17.3. The van der Waals surface area contributed by atoms with Crippen LogP contribution in [0, 0.1) is 29.1 Å². The minimum atomic E-state index is -0.202. The Morgan fingerprint density at radius 3 is 2.48 bits per heavy atom. The number of hydrogen-bond acceptors (Lipinski definition) is 3. The molecule has 2 amide bonds. The molecule has 0 unspecified atom stereocenters. The molecule has 0 aromatic carbocycles. The molecule has 4 bridgehead atoms. The van der Waals surface area contributed by atoms with E-state index in [1.807, 2.05) is 24.1 Å². The van der Waals surface area contributed by atoms with E-state index < -0.39 is 0 Å². The van der Waals surface area contributed by atoms with Crippen LogP contribution in [0.1, 0.15) is 50.7 Å². The van der Waals surface area contributed by atoms with Gasteiger partial charge < -0.3 is 14.2 Å². The average Bonchev–Trinajstić information content (AvgIpc) is 3.23. The third kappa shape index (κ3) is 3.19. The summed E-state index contributed by atoms with van der Waals surface area (Å²) in [5, 5.41) is 0. The molecule has 27 heavy (non-hydrogen) atoms. The van der Waals surface area contributed by atoms with E-state index in [2.05, 4.69) is 0 Å². The van der Waals surface area contributed by atoms with Crippen LogP contribution in [0.5, 0.6) is 0 Å². The fraction of sp³-hybridized carbons (Fsp3) is 0.727. The van der Waals surface area contributed by atoms with E-state index in [1.54, 1.807) is 11.2 Å². The number of hydrogen-bond donors (Lipinski definition) is 0. The van der Waals surface area contributed by atoms with Crippen LogP contribution >= 0.6 is 0 Å². The maximum Gasteiger partial charge on any atom is 0.227 e. The Balaban J connectivity index is 1.21. The van der Waals surface area contributed by atoms with Gasteiger partial charge in [0.2, 0.25) is 11.8 Å². The molecule has 0 spiro atoms. The maximum absolute atomic E-state index is 13.1. The van der Waals surface area contributed by atoms with Crippen LogP contribution in [0.3, 0.4) is 0 Å². The largest absolute Gasteiger partial charge is 0.467 e. The van der Waals surface area contributed by atoms with Crippen LogP contribution in [0.15, 0.2) is 22.8 Å². The van der Waals surface area contributed by atoms with Crippen LogP contribution in [0.4, 0.5) is 0 Å². The van der Waals surface area contributed by atoms with Gasteiger partial charge in [0.05, 0.1) is 18.7 Å². The third-order valence-corrected chi connectivity index (χ3v) is 7.60. The zero-order valence-corrected chi connectivity index (χ0v) is 16.2. The molecule has 1 aliphatic heterocycles. The molecule has 1 aromatic heterocycles. The fourth-order valence-electron chi connectivity index (χ4n) is 7.06. The first-order valence-corrected chi connectivity index (χ1v) is 10.5. The van der Waals surface area contributed by atoms with Crippen molar-refractivity contribution in [2.45, 2.75) is 51.5 Å². The highest BCUT2D eigenvalue weighted by atomic mass is 16.3. The molecule has 0 N–H and O–H groups in total. The molecule has 4 saturated carbocycles. The standard InChI is InChI=1S/C22H30N2O3/c1-23(14-22-9-15-5-16(10-22)7-17(6-15)11-22)21(26)18-8-20(25)24(12-18)13-19-3-2-4-27-19/h2-4,15-18H,5-14H2,1H3/t15?,16?,17?,18-,22?/m0/s1. The van der Waals surface area contributed by atoms with Gasteiger partial charge in [0.15, 0.2) is 0 Å². The summed E-state index contributed by atoms with van der Waals surface area (Å²) in [6.45, 7) is 1.87. The molecule has 5 aliphatic rings. The molecule has 4 aliphatic carbocycles. The van der Waals surface area contributed by atoms with Crippen LogP contribution in [-0.2, 0) is 16.1 Å². The summed E-state index contributed by atoms with van der Waals surface area (Å²) in [6, 6.07) is 3.71. The molecule has 6 rings (SSSR count). The van der Waals surface area contributed by atoms with Crippen molar-refractivity contribution in [3.63, 3.8) is 0 Å². The lowest BCUT2D eigenvalue weighted by Crippen LogP contribution is -2.52. The third-order valence-electron chi connectivity index (χ3n) is 7.60. The van der Waals surface area contributed by atoms with Crippen molar-refractivity contribution in [2.24, 2.45) is 29.1 Å². The minimum Gasteiger partial charge on any atom is -0.467 e. The predicted octanol–water partition coefficient (Wildman–Crippen LogP) is 3.30. The molecule has 1 saturated heterocycles. The second-order valence-electron chi connectivity index (χ2n) is 9.87. The first-order chi connectivity index (χ1) is 13.0. The number of rotatable bonds is 5. The molecule has 146 valence electrons. The number of nitrogens with zero attached hydrogens (tertiary/aromatic N) is 2. The Bertz CT molecular complexity index is 691. The Labute approximate surface area is 161 Å². The van der Waals surface area contributed by atoms with E-state index in [0.29, 0.717) is 24.9 Å². The van der Waals surface area contributed by atoms with E-state index >= 15 is 0 Å². The summed E-state index contributed by atoms with van der Waals surface area (Å²) in [5.41, 5.74) is 0.357. The van der Waals surface area contributed by atoms with E-state index in [1.165, 1.54) is 38.5 Å². The van der Waals surface area contributed by atoms with Gasteiger partial charge in [-0.15, -0.1) is 0 Å². The Kier molecular flexibility index (Phi) is 4.10. The quantitative estimate of drug-likeness (QED) is 0.799. The SMILES string of the molecule is CN(CC12CC3CC(CC(C3)C1)C2)C(=O)[C@H]1CC(=O)N(Cc2ccco2)C1. The van der Waals surface area contributed by atoms with E-state index in [0.717, 1.165) is 30.1 Å². The monoisotopic (exact) mass is 370 g/mol. The molecule has 1 aromatic rings. The van der Waals surface area contributed by atoms with Gasteiger partial charge in [-0.3, -0.25) is 9.59 Å². The van der Waals surface area contributed by atoms with Gasteiger partial charge >= 0.3 is 0 Å². The molecule has 5 heteroatoms. The molecule has 5 nitrogen and oxygen atoms in total. The zero-order valence-electron chi connectivity index (χ0n) is 16.2. The van der Waals surface area contributed by atoms with Gasteiger partial charge in [-0.1, -0.05) is 0 Å². The molecule has 5 fully saturated rings. The molecule has 0 radical (unpaired) electrons. The molecular weight excluding hydrogens is 340 g/mol. The van der Waals surface area contributed by atoms with Gasteiger partial charge in [0.25, 0.3) is 0 Å². The second-order valence-corrected chi connectivity index (χ2v) is 9.87. The van der Waals surface area contributed by atoms with Crippen molar-refractivity contribution in [3.8, 4) is 0 Å². The van der Waals surface area contributed by atoms with E-state index in [9.17, 15) is 9.59 Å².